The van der Waals surface area contributed by atoms with E-state index in [1.54, 1.807) is 0 Å². The molecule has 0 radical (unpaired) electrons. The first kappa shape index (κ1) is 8.96. The van der Waals surface area contributed by atoms with Crippen LogP contribution in [0, 0.1) is 0 Å². The number of hydrogen-bond acceptors (Lipinski definition) is 0. The maximum atomic E-state index is 3.71. The minimum Gasteiger partial charge on any atom is -0.103 e. The van der Waals surface area contributed by atoms with Crippen LogP contribution in [-0.2, 0) is 0 Å². The van der Waals surface area contributed by atoms with E-state index in [0.717, 1.165) is 0 Å². The largest absolute Gasteiger partial charge is 0.103 e. The maximum absolute atomic E-state index is 3.71. The van der Waals surface area contributed by atoms with Crippen molar-refractivity contribution in [1.29, 1.82) is 0 Å². The summed E-state index contributed by atoms with van der Waals surface area (Å²) in [4.78, 5) is 0. The van der Waals surface area contributed by atoms with Gasteiger partial charge in [-0.25, -0.2) is 0 Å². The summed E-state index contributed by atoms with van der Waals surface area (Å²) < 4.78 is 0. The zero-order chi connectivity index (χ0) is 6.95. The Morgan fingerprint density at radius 2 is 2.22 bits per heavy atom. The van der Waals surface area contributed by atoms with Crippen LogP contribution < -0.4 is 0 Å². The summed E-state index contributed by atoms with van der Waals surface area (Å²) in [5.74, 6) is 0. The minimum atomic E-state index is 0.273. The fourth-order valence-corrected chi connectivity index (χ4v) is 2.18. The van der Waals surface area contributed by atoms with Crippen LogP contribution in [0.25, 0.3) is 0 Å². The van der Waals surface area contributed by atoms with Crippen LogP contribution >= 0.6 is 0 Å². The summed E-state index contributed by atoms with van der Waals surface area (Å²) in [5, 5.41) is 0. The summed E-state index contributed by atoms with van der Waals surface area (Å²) in [5.41, 5.74) is 0. The molecule has 0 aliphatic heterocycles. The van der Waals surface area contributed by atoms with E-state index in [1.165, 1.54) is 31.4 Å². The van der Waals surface area contributed by atoms with Gasteiger partial charge in [0.1, 0.15) is 0 Å². The van der Waals surface area contributed by atoms with Crippen molar-refractivity contribution in [3.63, 3.8) is 0 Å². The highest BCUT2D eigenvalue weighted by atomic mass is 28.2. The predicted molar refractivity (Wildman–Crippen MR) is 47.9 cm³/mol. The quantitative estimate of drug-likeness (QED) is 0.303. The van der Waals surface area contributed by atoms with E-state index in [0.29, 0.717) is 0 Å². The lowest BCUT2D eigenvalue weighted by molar-refractivity contribution is 0.768. The van der Waals surface area contributed by atoms with Crippen molar-refractivity contribution in [3.05, 3.63) is 12.7 Å². The SMILES string of the molecule is C=CC[SiH2]CCCCC. The van der Waals surface area contributed by atoms with Crippen LogP contribution in [0.4, 0.5) is 0 Å². The van der Waals surface area contributed by atoms with Crippen molar-refractivity contribution < 1.29 is 0 Å². The van der Waals surface area contributed by atoms with Gasteiger partial charge in [0.25, 0.3) is 0 Å². The van der Waals surface area contributed by atoms with Crippen molar-refractivity contribution in [3.8, 4) is 0 Å². The molecule has 0 fully saturated rings. The highest BCUT2D eigenvalue weighted by Crippen LogP contribution is 1.99. The Labute approximate surface area is 61.2 Å². The molecule has 0 spiro atoms. The van der Waals surface area contributed by atoms with Gasteiger partial charge in [-0.15, -0.1) is 6.58 Å². The van der Waals surface area contributed by atoms with Crippen LogP contribution in [0.2, 0.25) is 12.1 Å². The molecule has 0 heterocycles. The lowest BCUT2D eigenvalue weighted by atomic mass is 10.3. The van der Waals surface area contributed by atoms with Crippen LogP contribution in [0.15, 0.2) is 12.7 Å². The third-order valence-corrected chi connectivity index (χ3v) is 3.33. The zero-order valence-electron chi connectivity index (χ0n) is 6.53. The molecule has 0 amide bonds. The van der Waals surface area contributed by atoms with Gasteiger partial charge < -0.3 is 0 Å². The highest BCUT2D eigenvalue weighted by Gasteiger charge is 1.85. The number of rotatable bonds is 6. The summed E-state index contributed by atoms with van der Waals surface area (Å²) in [6.45, 7) is 5.97. The van der Waals surface area contributed by atoms with E-state index in [-0.39, 0.29) is 9.52 Å². The summed E-state index contributed by atoms with van der Waals surface area (Å²) in [7, 11) is 0.273. The van der Waals surface area contributed by atoms with Gasteiger partial charge in [0, 0.05) is 9.52 Å². The normalized spacial score (nSPS) is 10.8. The molecule has 0 atom stereocenters. The van der Waals surface area contributed by atoms with E-state index in [1.807, 2.05) is 0 Å². The van der Waals surface area contributed by atoms with E-state index >= 15 is 0 Å². The molecule has 0 saturated heterocycles. The van der Waals surface area contributed by atoms with E-state index in [2.05, 4.69) is 19.6 Å². The van der Waals surface area contributed by atoms with Crippen molar-refractivity contribution >= 4 is 9.52 Å². The Hall–Kier alpha value is -0.0431. The lowest BCUT2D eigenvalue weighted by Gasteiger charge is -1.93. The maximum Gasteiger partial charge on any atom is 0.0239 e. The number of unbranched alkanes of at least 4 members (excludes halogenated alkanes) is 2. The molecule has 0 nitrogen and oxygen atoms in total. The summed E-state index contributed by atoms with van der Waals surface area (Å²) >= 11 is 0. The average molecular weight is 142 g/mol. The Kier molecular flexibility index (Phi) is 7.92. The smallest absolute Gasteiger partial charge is 0.0239 e. The third-order valence-electron chi connectivity index (χ3n) is 1.51. The molecule has 9 heavy (non-hydrogen) atoms. The fraction of sp³-hybridized carbons (Fsp3) is 0.750. The summed E-state index contributed by atoms with van der Waals surface area (Å²) in [6, 6.07) is 2.86. The van der Waals surface area contributed by atoms with Gasteiger partial charge in [-0.3, -0.25) is 0 Å². The average Bonchev–Trinajstić information content (AvgIpc) is 1.89. The van der Waals surface area contributed by atoms with Crippen LogP contribution in [0.1, 0.15) is 26.2 Å². The first-order valence-electron chi connectivity index (χ1n) is 4.02. The molecule has 0 rings (SSSR count). The van der Waals surface area contributed by atoms with Crippen molar-refractivity contribution in [2.45, 2.75) is 38.3 Å². The molecule has 0 aromatic heterocycles. The number of allylic oxidation sites excluding steroid dienone is 1. The molecule has 1 heteroatoms. The zero-order valence-corrected chi connectivity index (χ0v) is 7.94. The molecule has 0 aromatic carbocycles. The van der Waals surface area contributed by atoms with Gasteiger partial charge in [0.15, 0.2) is 0 Å². The van der Waals surface area contributed by atoms with Crippen LogP contribution in [0.5, 0.6) is 0 Å². The molecule has 0 aliphatic carbocycles. The second kappa shape index (κ2) is 7.96. The second-order valence-electron chi connectivity index (χ2n) is 2.49. The van der Waals surface area contributed by atoms with E-state index < -0.39 is 0 Å². The summed E-state index contributed by atoms with van der Waals surface area (Å²) in [6.07, 6.45) is 6.33. The molecular weight excluding hydrogens is 124 g/mol. The molecule has 0 aromatic rings. The molecular formula is C8H18Si. The Morgan fingerprint density at radius 1 is 1.44 bits per heavy atom. The molecule has 54 valence electrons. The molecule has 0 aliphatic rings. The monoisotopic (exact) mass is 142 g/mol. The first-order chi connectivity index (χ1) is 4.41. The van der Waals surface area contributed by atoms with Gasteiger partial charge in [-0.05, 0) is 6.04 Å². The molecule has 0 N–H and O–H groups in total. The predicted octanol–water partition coefficient (Wildman–Crippen LogP) is 2.37. The van der Waals surface area contributed by atoms with Crippen molar-refractivity contribution in [1.82, 2.24) is 0 Å². The van der Waals surface area contributed by atoms with Crippen LogP contribution in [-0.4, -0.2) is 9.52 Å². The van der Waals surface area contributed by atoms with Gasteiger partial charge in [-0.1, -0.05) is 38.3 Å². The van der Waals surface area contributed by atoms with Gasteiger partial charge in [0.2, 0.25) is 0 Å². The minimum absolute atomic E-state index is 0.273. The Bertz CT molecular complexity index is 59.6. The van der Waals surface area contributed by atoms with Gasteiger partial charge >= 0.3 is 0 Å². The molecule has 0 unspecified atom stereocenters. The Balaban J connectivity index is 2.66. The molecule has 0 bridgehead atoms. The standard InChI is InChI=1S/C8H18Si/c1-3-5-6-8-9-7-4-2/h4H,2-3,5-9H2,1H3. The van der Waals surface area contributed by atoms with Gasteiger partial charge in [0.05, 0.1) is 0 Å². The fourth-order valence-electron chi connectivity index (χ4n) is 0.892. The second-order valence-corrected chi connectivity index (χ2v) is 4.48. The van der Waals surface area contributed by atoms with Gasteiger partial charge in [-0.2, -0.15) is 0 Å². The third kappa shape index (κ3) is 7.96. The molecule has 0 saturated carbocycles. The van der Waals surface area contributed by atoms with Crippen molar-refractivity contribution in [2.24, 2.45) is 0 Å². The Morgan fingerprint density at radius 3 is 2.78 bits per heavy atom. The van der Waals surface area contributed by atoms with Crippen LogP contribution in [0.3, 0.4) is 0 Å². The number of hydrogen-bond donors (Lipinski definition) is 0. The van der Waals surface area contributed by atoms with E-state index in [9.17, 15) is 0 Å². The topological polar surface area (TPSA) is 0 Å². The first-order valence-corrected chi connectivity index (χ1v) is 6.02. The van der Waals surface area contributed by atoms with E-state index in [4.69, 9.17) is 0 Å². The van der Waals surface area contributed by atoms with Crippen molar-refractivity contribution in [2.75, 3.05) is 0 Å². The highest BCUT2D eigenvalue weighted by molar-refractivity contribution is 6.35. The lowest BCUT2D eigenvalue weighted by Crippen LogP contribution is -1.85.